The monoisotopic (exact) mass is 221 g/mol. The van der Waals surface area contributed by atoms with E-state index in [-0.39, 0.29) is 0 Å². The molecule has 0 aliphatic carbocycles. The summed E-state index contributed by atoms with van der Waals surface area (Å²) in [6, 6.07) is 5.06. The van der Waals surface area contributed by atoms with Crippen molar-refractivity contribution in [3.8, 4) is 5.75 Å². The van der Waals surface area contributed by atoms with Crippen molar-refractivity contribution in [3.05, 3.63) is 29.3 Å². The third-order valence-electron chi connectivity index (χ3n) is 3.05. The summed E-state index contributed by atoms with van der Waals surface area (Å²) in [5, 5.41) is 9.21. The molecule has 1 aromatic rings. The molecule has 1 N–H and O–H groups in total. The van der Waals surface area contributed by atoms with Crippen molar-refractivity contribution >= 4 is 5.97 Å². The second kappa shape index (κ2) is 4.14. The number of benzene rings is 1. The molecule has 16 heavy (non-hydrogen) atoms. The van der Waals surface area contributed by atoms with Gasteiger partial charge in [0.1, 0.15) is 11.8 Å². The molecule has 0 radical (unpaired) electrons. The molecule has 0 aromatic heterocycles. The topological polar surface area (TPSA) is 49.8 Å². The summed E-state index contributed by atoms with van der Waals surface area (Å²) < 4.78 is 5.14. The minimum absolute atomic E-state index is 0.533. The van der Waals surface area contributed by atoms with Gasteiger partial charge in [0.15, 0.2) is 0 Å². The van der Waals surface area contributed by atoms with Crippen LogP contribution in [0.5, 0.6) is 5.75 Å². The summed E-state index contributed by atoms with van der Waals surface area (Å²) in [4.78, 5) is 13.1. The van der Waals surface area contributed by atoms with Gasteiger partial charge in [0.05, 0.1) is 7.11 Å². The van der Waals surface area contributed by atoms with Gasteiger partial charge in [0.2, 0.25) is 0 Å². The maximum absolute atomic E-state index is 11.2. The lowest BCUT2D eigenvalue weighted by molar-refractivity contribution is -0.143. The molecule has 1 atom stereocenters. The van der Waals surface area contributed by atoms with Gasteiger partial charge in [-0.1, -0.05) is 6.07 Å². The first kappa shape index (κ1) is 11.0. The number of aliphatic carboxylic acids is 1. The average Bonchev–Trinajstić information content (AvgIpc) is 2.27. The fraction of sp³-hybridized carbons (Fsp3) is 0.417. The molecule has 1 aromatic carbocycles. The van der Waals surface area contributed by atoms with Gasteiger partial charge in [-0.05, 0) is 36.7 Å². The Morgan fingerprint density at radius 1 is 1.56 bits per heavy atom. The Labute approximate surface area is 94.4 Å². The van der Waals surface area contributed by atoms with Gasteiger partial charge < -0.3 is 9.84 Å². The number of carboxylic acids is 1. The molecule has 0 spiro atoms. The normalized spacial score (nSPS) is 20.2. The number of methoxy groups -OCH3 is 1. The zero-order valence-corrected chi connectivity index (χ0v) is 9.43. The SMILES string of the molecule is COc1ccc2c(c1)CCN(C)C2C(=O)O. The second-order valence-corrected chi connectivity index (χ2v) is 4.04. The molecule has 4 heteroatoms. The van der Waals surface area contributed by atoms with Crippen LogP contribution in [-0.2, 0) is 11.2 Å². The maximum Gasteiger partial charge on any atom is 0.325 e. The maximum atomic E-state index is 11.2. The molecule has 0 saturated heterocycles. The van der Waals surface area contributed by atoms with Crippen molar-refractivity contribution in [2.45, 2.75) is 12.5 Å². The van der Waals surface area contributed by atoms with Crippen LogP contribution in [0, 0.1) is 0 Å². The summed E-state index contributed by atoms with van der Waals surface area (Å²) in [5.74, 6) is -0.0129. The summed E-state index contributed by atoms with van der Waals surface area (Å²) in [6.45, 7) is 0.761. The summed E-state index contributed by atoms with van der Waals surface area (Å²) in [6.07, 6.45) is 0.868. The number of hydrogen-bond acceptors (Lipinski definition) is 3. The third kappa shape index (κ3) is 1.76. The first-order valence-electron chi connectivity index (χ1n) is 5.23. The highest BCUT2D eigenvalue weighted by atomic mass is 16.5. The van der Waals surface area contributed by atoms with Crippen LogP contribution < -0.4 is 4.74 Å². The van der Waals surface area contributed by atoms with Gasteiger partial charge in [-0.3, -0.25) is 9.69 Å². The van der Waals surface area contributed by atoms with E-state index in [1.807, 2.05) is 30.1 Å². The summed E-state index contributed by atoms with van der Waals surface area (Å²) >= 11 is 0. The average molecular weight is 221 g/mol. The number of likely N-dealkylation sites (N-methyl/N-ethyl adjacent to an activating group) is 1. The van der Waals surface area contributed by atoms with Gasteiger partial charge in [-0.25, -0.2) is 0 Å². The van der Waals surface area contributed by atoms with E-state index in [1.54, 1.807) is 7.11 Å². The minimum atomic E-state index is -0.798. The Morgan fingerprint density at radius 3 is 2.94 bits per heavy atom. The van der Waals surface area contributed by atoms with Crippen molar-refractivity contribution in [2.24, 2.45) is 0 Å². The quantitative estimate of drug-likeness (QED) is 0.818. The van der Waals surface area contributed by atoms with Crippen LogP contribution in [0.15, 0.2) is 18.2 Å². The van der Waals surface area contributed by atoms with E-state index in [2.05, 4.69) is 0 Å². The van der Waals surface area contributed by atoms with Crippen LogP contribution in [0.4, 0.5) is 0 Å². The molecular weight excluding hydrogens is 206 g/mol. The van der Waals surface area contributed by atoms with Crippen LogP contribution >= 0.6 is 0 Å². The van der Waals surface area contributed by atoms with E-state index in [0.717, 1.165) is 29.8 Å². The van der Waals surface area contributed by atoms with Gasteiger partial charge in [0, 0.05) is 6.54 Å². The van der Waals surface area contributed by atoms with Crippen molar-refractivity contribution < 1.29 is 14.6 Å². The Bertz CT molecular complexity index is 417. The second-order valence-electron chi connectivity index (χ2n) is 4.04. The number of rotatable bonds is 2. The largest absolute Gasteiger partial charge is 0.497 e. The van der Waals surface area contributed by atoms with Gasteiger partial charge in [-0.15, -0.1) is 0 Å². The molecular formula is C12H15NO3. The standard InChI is InChI=1S/C12H15NO3/c1-13-6-5-8-7-9(16-2)3-4-10(8)11(13)12(14)15/h3-4,7,11H,5-6H2,1-2H3,(H,14,15). The van der Waals surface area contributed by atoms with Crippen LogP contribution in [0.1, 0.15) is 17.2 Å². The number of nitrogens with zero attached hydrogens (tertiary/aromatic N) is 1. The zero-order chi connectivity index (χ0) is 11.7. The van der Waals surface area contributed by atoms with Crippen LogP contribution in [0.2, 0.25) is 0 Å². The Balaban J connectivity index is 2.44. The lowest BCUT2D eigenvalue weighted by Gasteiger charge is -2.31. The molecule has 0 saturated carbocycles. The van der Waals surface area contributed by atoms with E-state index in [4.69, 9.17) is 4.74 Å². The smallest absolute Gasteiger partial charge is 0.325 e. The summed E-state index contributed by atoms with van der Waals surface area (Å²) in [5.41, 5.74) is 1.95. The lowest BCUT2D eigenvalue weighted by atomic mass is 9.93. The Morgan fingerprint density at radius 2 is 2.31 bits per heavy atom. The first-order valence-corrected chi connectivity index (χ1v) is 5.23. The molecule has 4 nitrogen and oxygen atoms in total. The molecule has 0 bridgehead atoms. The fourth-order valence-electron chi connectivity index (χ4n) is 2.18. The first-order chi connectivity index (χ1) is 7.63. The van der Waals surface area contributed by atoms with Crippen molar-refractivity contribution in [3.63, 3.8) is 0 Å². The van der Waals surface area contributed by atoms with Crippen molar-refractivity contribution in [1.82, 2.24) is 4.90 Å². The van der Waals surface area contributed by atoms with Gasteiger partial charge >= 0.3 is 5.97 Å². The number of ether oxygens (including phenoxy) is 1. The molecule has 1 unspecified atom stereocenters. The third-order valence-corrected chi connectivity index (χ3v) is 3.05. The van der Waals surface area contributed by atoms with Crippen molar-refractivity contribution in [2.75, 3.05) is 20.7 Å². The molecule has 1 aliphatic rings. The molecule has 86 valence electrons. The molecule has 0 fully saturated rings. The molecule has 2 rings (SSSR count). The van der Waals surface area contributed by atoms with Crippen LogP contribution in [0.25, 0.3) is 0 Å². The molecule has 1 aliphatic heterocycles. The Hall–Kier alpha value is -1.55. The Kier molecular flexibility index (Phi) is 2.83. The van der Waals surface area contributed by atoms with E-state index in [9.17, 15) is 9.90 Å². The number of fused-ring (bicyclic) bond motifs is 1. The number of carboxylic acid groups (broad SMARTS) is 1. The highest BCUT2D eigenvalue weighted by molar-refractivity contribution is 5.76. The number of hydrogen-bond donors (Lipinski definition) is 1. The minimum Gasteiger partial charge on any atom is -0.497 e. The predicted octanol–water partition coefficient (Wildman–Crippen LogP) is 1.31. The van der Waals surface area contributed by atoms with E-state index < -0.39 is 12.0 Å². The van der Waals surface area contributed by atoms with E-state index in [0.29, 0.717) is 0 Å². The zero-order valence-electron chi connectivity index (χ0n) is 9.43. The highest BCUT2D eigenvalue weighted by Gasteiger charge is 2.30. The highest BCUT2D eigenvalue weighted by Crippen LogP contribution is 2.31. The molecule has 0 amide bonds. The number of carbonyl (C=O) groups is 1. The van der Waals surface area contributed by atoms with Crippen LogP contribution in [0.3, 0.4) is 0 Å². The van der Waals surface area contributed by atoms with Gasteiger partial charge in [0.25, 0.3) is 0 Å². The lowest BCUT2D eigenvalue weighted by Crippen LogP contribution is -2.36. The van der Waals surface area contributed by atoms with Crippen LogP contribution in [-0.4, -0.2) is 36.7 Å². The predicted molar refractivity (Wildman–Crippen MR) is 59.7 cm³/mol. The molecule has 1 heterocycles. The summed E-state index contributed by atoms with van der Waals surface area (Å²) in [7, 11) is 3.46. The fourth-order valence-corrected chi connectivity index (χ4v) is 2.18. The van der Waals surface area contributed by atoms with Gasteiger partial charge in [-0.2, -0.15) is 0 Å². The van der Waals surface area contributed by atoms with E-state index in [1.165, 1.54) is 0 Å². The van der Waals surface area contributed by atoms with E-state index >= 15 is 0 Å². The van der Waals surface area contributed by atoms with Crippen molar-refractivity contribution in [1.29, 1.82) is 0 Å².